The van der Waals surface area contributed by atoms with Crippen LogP contribution in [-0.2, 0) is 12.8 Å². The Labute approximate surface area is 116 Å². The third-order valence-electron chi connectivity index (χ3n) is 3.27. The molecule has 2 aromatic rings. The summed E-state index contributed by atoms with van der Waals surface area (Å²) in [4.78, 5) is 0. The van der Waals surface area contributed by atoms with Crippen molar-refractivity contribution in [2.45, 2.75) is 12.8 Å². The lowest BCUT2D eigenvalue weighted by atomic mass is 9.92. The average molecular weight is 279 g/mol. The predicted octanol–water partition coefficient (Wildman–Crippen LogP) is 3.46. The van der Waals surface area contributed by atoms with Crippen LogP contribution in [0.1, 0.15) is 11.1 Å². The van der Waals surface area contributed by atoms with Gasteiger partial charge < -0.3 is 5.73 Å². The van der Waals surface area contributed by atoms with Crippen LogP contribution in [0.25, 0.3) is 0 Å². The van der Waals surface area contributed by atoms with Gasteiger partial charge in [-0.3, -0.25) is 0 Å². The molecule has 1 atom stereocenters. The van der Waals surface area contributed by atoms with Gasteiger partial charge in [-0.1, -0.05) is 18.2 Å². The zero-order chi connectivity index (χ0) is 14.5. The Morgan fingerprint density at radius 1 is 0.900 bits per heavy atom. The van der Waals surface area contributed by atoms with Crippen molar-refractivity contribution in [3.05, 3.63) is 71.0 Å². The van der Waals surface area contributed by atoms with Gasteiger partial charge in [-0.2, -0.15) is 0 Å². The van der Waals surface area contributed by atoms with E-state index in [4.69, 9.17) is 5.73 Å². The molecule has 0 saturated heterocycles. The summed E-state index contributed by atoms with van der Waals surface area (Å²) in [5.74, 6) is -1.48. The molecule has 0 heterocycles. The Hall–Kier alpha value is -1.81. The van der Waals surface area contributed by atoms with Crippen LogP contribution in [0.4, 0.5) is 13.2 Å². The predicted molar refractivity (Wildman–Crippen MR) is 72.7 cm³/mol. The highest BCUT2D eigenvalue weighted by molar-refractivity contribution is 5.21. The zero-order valence-electron chi connectivity index (χ0n) is 11.0. The maximum Gasteiger partial charge on any atom is 0.129 e. The molecule has 2 N–H and O–H groups in total. The second kappa shape index (κ2) is 6.57. The summed E-state index contributed by atoms with van der Waals surface area (Å²) in [5, 5.41) is 0. The molecule has 20 heavy (non-hydrogen) atoms. The van der Waals surface area contributed by atoms with Gasteiger partial charge in [-0.25, -0.2) is 13.2 Å². The Kier molecular flexibility index (Phi) is 4.79. The van der Waals surface area contributed by atoms with Gasteiger partial charge in [0, 0.05) is 6.07 Å². The monoisotopic (exact) mass is 279 g/mol. The van der Waals surface area contributed by atoms with Gasteiger partial charge in [0.1, 0.15) is 17.5 Å². The standard InChI is InChI=1S/C16H16F3N/c17-14-3-1-2-11(8-14)6-12(10-20)7-13-4-5-15(18)9-16(13)19/h1-5,8-9,12H,6-7,10,20H2. The summed E-state index contributed by atoms with van der Waals surface area (Å²) in [5.41, 5.74) is 6.95. The Morgan fingerprint density at radius 2 is 1.65 bits per heavy atom. The highest BCUT2D eigenvalue weighted by Crippen LogP contribution is 2.18. The number of hydrogen-bond donors (Lipinski definition) is 1. The molecule has 0 aliphatic rings. The SMILES string of the molecule is NCC(Cc1cccc(F)c1)Cc1ccc(F)cc1F. The van der Waals surface area contributed by atoms with E-state index < -0.39 is 11.6 Å². The lowest BCUT2D eigenvalue weighted by Gasteiger charge is -2.15. The van der Waals surface area contributed by atoms with Crippen LogP contribution < -0.4 is 5.73 Å². The number of nitrogens with two attached hydrogens (primary N) is 1. The summed E-state index contributed by atoms with van der Waals surface area (Å²) in [6, 6.07) is 9.80. The van der Waals surface area contributed by atoms with Gasteiger partial charge in [0.2, 0.25) is 0 Å². The van der Waals surface area contributed by atoms with Crippen molar-refractivity contribution in [1.82, 2.24) is 0 Å². The molecule has 0 saturated carbocycles. The molecule has 0 amide bonds. The van der Waals surface area contributed by atoms with Crippen molar-refractivity contribution in [3.8, 4) is 0 Å². The van der Waals surface area contributed by atoms with Crippen LogP contribution >= 0.6 is 0 Å². The van der Waals surface area contributed by atoms with E-state index in [2.05, 4.69) is 0 Å². The van der Waals surface area contributed by atoms with Crippen LogP contribution in [0, 0.1) is 23.4 Å². The minimum absolute atomic E-state index is 0.0169. The Bertz CT molecular complexity index is 584. The Balaban J connectivity index is 2.09. The lowest BCUT2D eigenvalue weighted by molar-refractivity contribution is 0.505. The first-order chi connectivity index (χ1) is 9.58. The summed E-state index contributed by atoms with van der Waals surface area (Å²) in [6.07, 6.45) is 0.963. The minimum Gasteiger partial charge on any atom is -0.330 e. The summed E-state index contributed by atoms with van der Waals surface area (Å²) < 4.78 is 39.6. The van der Waals surface area contributed by atoms with Gasteiger partial charge in [-0.05, 0) is 54.6 Å². The first kappa shape index (κ1) is 14.6. The fraction of sp³-hybridized carbons (Fsp3) is 0.250. The zero-order valence-corrected chi connectivity index (χ0v) is 11.0. The quantitative estimate of drug-likeness (QED) is 0.891. The van der Waals surface area contributed by atoms with Gasteiger partial charge in [0.15, 0.2) is 0 Å². The second-order valence-electron chi connectivity index (χ2n) is 4.88. The molecular formula is C16H16F3N. The first-order valence-corrected chi connectivity index (χ1v) is 6.47. The minimum atomic E-state index is -0.597. The fourth-order valence-electron chi connectivity index (χ4n) is 2.23. The number of hydrogen-bond acceptors (Lipinski definition) is 1. The molecule has 0 bridgehead atoms. The molecule has 2 rings (SSSR count). The van der Waals surface area contributed by atoms with Crippen LogP contribution in [0.5, 0.6) is 0 Å². The van der Waals surface area contributed by atoms with Crippen LogP contribution in [-0.4, -0.2) is 6.54 Å². The molecule has 0 aromatic heterocycles. The van der Waals surface area contributed by atoms with E-state index in [9.17, 15) is 13.2 Å². The second-order valence-corrected chi connectivity index (χ2v) is 4.88. The van der Waals surface area contributed by atoms with Gasteiger partial charge in [-0.15, -0.1) is 0 Å². The van der Waals surface area contributed by atoms with Crippen molar-refractivity contribution in [2.75, 3.05) is 6.54 Å². The molecule has 0 aliphatic carbocycles. The molecule has 0 spiro atoms. The molecule has 1 unspecified atom stereocenters. The smallest absolute Gasteiger partial charge is 0.129 e. The molecule has 2 aromatic carbocycles. The summed E-state index contributed by atoms with van der Waals surface area (Å²) >= 11 is 0. The lowest BCUT2D eigenvalue weighted by Crippen LogP contribution is -2.20. The molecule has 1 nitrogen and oxygen atoms in total. The van der Waals surface area contributed by atoms with Gasteiger partial charge in [0.05, 0.1) is 0 Å². The average Bonchev–Trinajstić information content (AvgIpc) is 2.41. The van der Waals surface area contributed by atoms with Crippen molar-refractivity contribution in [1.29, 1.82) is 0 Å². The number of benzene rings is 2. The maximum atomic E-state index is 13.6. The first-order valence-electron chi connectivity index (χ1n) is 6.47. The van der Waals surface area contributed by atoms with Crippen molar-refractivity contribution < 1.29 is 13.2 Å². The summed E-state index contributed by atoms with van der Waals surface area (Å²) in [7, 11) is 0. The largest absolute Gasteiger partial charge is 0.330 e. The highest BCUT2D eigenvalue weighted by atomic mass is 19.1. The van der Waals surface area contributed by atoms with E-state index in [0.29, 0.717) is 24.9 Å². The molecular weight excluding hydrogens is 263 g/mol. The van der Waals surface area contributed by atoms with Crippen LogP contribution in [0.3, 0.4) is 0 Å². The van der Waals surface area contributed by atoms with Gasteiger partial charge in [0.25, 0.3) is 0 Å². The van der Waals surface area contributed by atoms with Crippen molar-refractivity contribution in [3.63, 3.8) is 0 Å². The maximum absolute atomic E-state index is 13.6. The molecule has 4 heteroatoms. The van der Waals surface area contributed by atoms with E-state index in [1.54, 1.807) is 6.07 Å². The summed E-state index contributed by atoms with van der Waals surface area (Å²) in [6.45, 7) is 0.354. The number of halogens is 3. The van der Waals surface area contributed by atoms with E-state index in [-0.39, 0.29) is 11.7 Å². The molecule has 0 fully saturated rings. The molecule has 0 aliphatic heterocycles. The van der Waals surface area contributed by atoms with E-state index in [1.807, 2.05) is 6.07 Å². The Morgan fingerprint density at radius 3 is 2.30 bits per heavy atom. The topological polar surface area (TPSA) is 26.0 Å². The molecule has 0 radical (unpaired) electrons. The van der Waals surface area contributed by atoms with Crippen LogP contribution in [0.2, 0.25) is 0 Å². The normalized spacial score (nSPS) is 12.4. The van der Waals surface area contributed by atoms with Crippen molar-refractivity contribution >= 4 is 0 Å². The van der Waals surface area contributed by atoms with E-state index in [1.165, 1.54) is 24.3 Å². The highest BCUT2D eigenvalue weighted by Gasteiger charge is 2.13. The third-order valence-corrected chi connectivity index (χ3v) is 3.27. The third kappa shape index (κ3) is 3.84. The van der Waals surface area contributed by atoms with Crippen molar-refractivity contribution in [2.24, 2.45) is 11.7 Å². The van der Waals surface area contributed by atoms with E-state index >= 15 is 0 Å². The van der Waals surface area contributed by atoms with Crippen LogP contribution in [0.15, 0.2) is 42.5 Å². The van der Waals surface area contributed by atoms with Gasteiger partial charge >= 0.3 is 0 Å². The fourth-order valence-corrected chi connectivity index (χ4v) is 2.23. The number of rotatable bonds is 5. The molecule has 106 valence electrons. The van der Waals surface area contributed by atoms with E-state index in [0.717, 1.165) is 11.6 Å².